The lowest BCUT2D eigenvalue weighted by atomic mass is 10.0. The van der Waals surface area contributed by atoms with Crippen LogP contribution in [0.1, 0.15) is 375 Å². The van der Waals surface area contributed by atoms with Crippen molar-refractivity contribution in [1.82, 2.24) is 0 Å². The third kappa shape index (κ3) is 73.1. The number of aliphatic hydroxyl groups excluding tert-OH is 1. The van der Waals surface area contributed by atoms with E-state index in [4.69, 9.17) is 37.0 Å². The van der Waals surface area contributed by atoms with Crippen LogP contribution >= 0.6 is 15.6 Å². The van der Waals surface area contributed by atoms with E-state index in [9.17, 15) is 43.2 Å². The van der Waals surface area contributed by atoms with E-state index in [1.54, 1.807) is 0 Å². The van der Waals surface area contributed by atoms with Gasteiger partial charge < -0.3 is 33.8 Å². The van der Waals surface area contributed by atoms with E-state index < -0.39 is 97.5 Å². The smallest absolute Gasteiger partial charge is 0.462 e. The highest BCUT2D eigenvalue weighted by atomic mass is 31.2. The minimum absolute atomic E-state index is 0.0833. The van der Waals surface area contributed by atoms with Gasteiger partial charge in [-0.15, -0.1) is 0 Å². The quantitative estimate of drug-likeness (QED) is 0.0169. The van der Waals surface area contributed by atoms with Crippen LogP contribution in [-0.2, 0) is 65.4 Å². The predicted octanol–water partition coefficient (Wildman–Crippen LogP) is 23.1. The van der Waals surface area contributed by atoms with Gasteiger partial charge in [0.2, 0.25) is 0 Å². The number of hydrogen-bond acceptors (Lipinski definition) is 15. The van der Waals surface area contributed by atoms with Gasteiger partial charge in [-0.1, -0.05) is 321 Å². The predicted molar refractivity (Wildman–Crippen MR) is 404 cm³/mol. The molecule has 0 saturated carbocycles. The molecule has 580 valence electrons. The molecule has 19 heteroatoms. The standard InChI is InChI=1S/C80H148O17P2/c1-6-9-12-15-18-21-24-27-29-34-39-44-49-54-59-64-78(83)91-70-76(97-80(85)66-61-56-51-46-41-36-31-33-37-42-47-52-57-62-73(4)5)72-95-99(88,89)93-68-74(81)67-92-98(86,87)94-71-75(69-90-77(82)63-58-53-48-43-38-32-26-23-20-17-14-11-8-3)96-79(84)65-60-55-50-45-40-35-30-28-25-22-19-16-13-10-7-2/h21-22,24-25,27-30,73-76,81H,6-20,23,26,31-72H2,1-5H3,(H,86,87)(H,88,89)/b24-21-,25-22-,29-27-,30-28-/t74-,75+,76+/m0/s1. The van der Waals surface area contributed by atoms with Gasteiger partial charge in [-0.2, -0.15) is 0 Å². The average molecular weight is 1440 g/mol. The molecule has 0 bridgehead atoms. The summed E-state index contributed by atoms with van der Waals surface area (Å²) in [4.78, 5) is 73.0. The van der Waals surface area contributed by atoms with Crippen molar-refractivity contribution in [2.24, 2.45) is 5.92 Å². The topological polar surface area (TPSA) is 237 Å². The van der Waals surface area contributed by atoms with Gasteiger partial charge in [-0.05, 0) is 83.0 Å². The molecule has 0 fully saturated rings. The Labute approximate surface area is 604 Å². The Morgan fingerprint density at radius 2 is 0.545 bits per heavy atom. The summed E-state index contributed by atoms with van der Waals surface area (Å²) < 4.78 is 68.6. The molecule has 5 atom stereocenters. The maximum Gasteiger partial charge on any atom is 0.472 e. The van der Waals surface area contributed by atoms with Gasteiger partial charge in [0.25, 0.3) is 0 Å². The van der Waals surface area contributed by atoms with Crippen molar-refractivity contribution in [2.45, 2.75) is 393 Å². The highest BCUT2D eigenvalue weighted by molar-refractivity contribution is 7.47. The number of carbonyl (C=O) groups is 4. The molecule has 0 spiro atoms. The highest BCUT2D eigenvalue weighted by Crippen LogP contribution is 2.45. The zero-order valence-corrected chi connectivity index (χ0v) is 65.4. The van der Waals surface area contributed by atoms with Gasteiger partial charge in [0.05, 0.1) is 26.4 Å². The van der Waals surface area contributed by atoms with Crippen LogP contribution in [0.2, 0.25) is 0 Å². The fourth-order valence-electron chi connectivity index (χ4n) is 11.3. The molecule has 17 nitrogen and oxygen atoms in total. The van der Waals surface area contributed by atoms with Gasteiger partial charge in [-0.3, -0.25) is 37.3 Å². The summed E-state index contributed by atoms with van der Waals surface area (Å²) in [6, 6.07) is 0. The van der Waals surface area contributed by atoms with E-state index in [2.05, 4.69) is 83.2 Å². The molecule has 0 aliphatic carbocycles. The van der Waals surface area contributed by atoms with Crippen LogP contribution in [0.15, 0.2) is 48.6 Å². The normalized spacial score (nSPS) is 14.2. The van der Waals surface area contributed by atoms with Crippen LogP contribution in [0.25, 0.3) is 0 Å². The van der Waals surface area contributed by atoms with Crippen LogP contribution in [0.5, 0.6) is 0 Å². The van der Waals surface area contributed by atoms with Gasteiger partial charge in [0.1, 0.15) is 19.3 Å². The molecular formula is C80H148O17P2. The molecule has 99 heavy (non-hydrogen) atoms. The van der Waals surface area contributed by atoms with Crippen LogP contribution in [0, 0.1) is 5.92 Å². The first-order valence-electron chi connectivity index (χ1n) is 40.3. The Balaban J connectivity index is 5.34. The molecule has 0 amide bonds. The molecular weight excluding hydrogens is 1290 g/mol. The Kier molecular flexibility index (Phi) is 69.8. The lowest BCUT2D eigenvalue weighted by Crippen LogP contribution is -2.30. The number of allylic oxidation sites excluding steroid dienone is 8. The molecule has 3 N–H and O–H groups in total. The van der Waals surface area contributed by atoms with E-state index >= 15 is 0 Å². The Morgan fingerprint density at radius 3 is 0.828 bits per heavy atom. The molecule has 0 aromatic carbocycles. The lowest BCUT2D eigenvalue weighted by Gasteiger charge is -2.21. The SMILES string of the molecule is CCCCCC/C=C\C=C/CCCCCCCC(=O)OC[C@H](COP(=O)(O)OC[C@@H](O)COP(=O)(O)OC[C@@H](COC(=O)CCCCCCCCCCCCCCC)OC(=O)CCCCCCC/C=C\C=C/CCCCCC)OC(=O)CCCCCCCCCCCCCCCC(C)C. The summed E-state index contributed by atoms with van der Waals surface area (Å²) in [7, 11) is -9.94. The molecule has 0 heterocycles. The maximum atomic E-state index is 13.1. The lowest BCUT2D eigenvalue weighted by molar-refractivity contribution is -0.161. The summed E-state index contributed by atoms with van der Waals surface area (Å²) in [5.41, 5.74) is 0. The third-order valence-corrected chi connectivity index (χ3v) is 19.4. The first-order chi connectivity index (χ1) is 48.0. The van der Waals surface area contributed by atoms with Crippen LogP contribution in [0.3, 0.4) is 0 Å². The molecule has 0 rings (SSSR count). The van der Waals surface area contributed by atoms with E-state index in [0.29, 0.717) is 25.7 Å². The van der Waals surface area contributed by atoms with Crippen LogP contribution in [0.4, 0.5) is 0 Å². The molecule has 2 unspecified atom stereocenters. The van der Waals surface area contributed by atoms with E-state index in [-0.39, 0.29) is 25.7 Å². The van der Waals surface area contributed by atoms with E-state index in [1.807, 2.05) is 0 Å². The van der Waals surface area contributed by atoms with Gasteiger partial charge in [-0.25, -0.2) is 9.13 Å². The number of esters is 4. The fraction of sp³-hybridized carbons (Fsp3) is 0.850. The molecule has 0 aromatic rings. The molecule has 0 saturated heterocycles. The van der Waals surface area contributed by atoms with Gasteiger partial charge in [0, 0.05) is 25.7 Å². The fourth-order valence-corrected chi connectivity index (χ4v) is 12.9. The summed E-state index contributed by atoms with van der Waals surface area (Å²) >= 11 is 0. The van der Waals surface area contributed by atoms with Crippen molar-refractivity contribution in [2.75, 3.05) is 39.6 Å². The van der Waals surface area contributed by atoms with E-state index in [1.165, 1.54) is 167 Å². The second-order valence-corrected chi connectivity index (χ2v) is 30.8. The van der Waals surface area contributed by atoms with Crippen molar-refractivity contribution >= 4 is 39.5 Å². The second-order valence-electron chi connectivity index (χ2n) is 27.9. The minimum atomic E-state index is -4.97. The Bertz CT molecular complexity index is 2080. The average Bonchev–Trinajstić information content (AvgIpc) is 1.62. The van der Waals surface area contributed by atoms with Gasteiger partial charge in [0.15, 0.2) is 12.2 Å². The minimum Gasteiger partial charge on any atom is -0.462 e. The molecule has 0 aliphatic rings. The number of unbranched alkanes of at least 4 members (excludes halogenated alkanes) is 42. The van der Waals surface area contributed by atoms with Crippen molar-refractivity contribution in [1.29, 1.82) is 0 Å². The molecule has 0 radical (unpaired) electrons. The first kappa shape index (κ1) is 96.0. The third-order valence-electron chi connectivity index (χ3n) is 17.5. The number of hydrogen-bond donors (Lipinski definition) is 3. The van der Waals surface area contributed by atoms with Crippen molar-refractivity contribution < 1.29 is 80.2 Å². The Morgan fingerprint density at radius 1 is 0.313 bits per heavy atom. The van der Waals surface area contributed by atoms with Crippen LogP contribution < -0.4 is 0 Å². The van der Waals surface area contributed by atoms with Crippen molar-refractivity contribution in [3.63, 3.8) is 0 Å². The van der Waals surface area contributed by atoms with Crippen molar-refractivity contribution in [3.8, 4) is 0 Å². The molecule has 0 aromatic heterocycles. The number of phosphoric ester groups is 2. The monoisotopic (exact) mass is 1440 g/mol. The first-order valence-corrected chi connectivity index (χ1v) is 43.3. The largest absolute Gasteiger partial charge is 0.472 e. The molecule has 0 aliphatic heterocycles. The zero-order chi connectivity index (χ0) is 72.7. The van der Waals surface area contributed by atoms with E-state index in [0.717, 1.165) is 128 Å². The second kappa shape index (κ2) is 72.0. The zero-order valence-electron chi connectivity index (χ0n) is 63.6. The van der Waals surface area contributed by atoms with Crippen LogP contribution in [-0.4, -0.2) is 96.7 Å². The van der Waals surface area contributed by atoms with Gasteiger partial charge >= 0.3 is 39.5 Å². The number of phosphoric acid groups is 2. The summed E-state index contributed by atoms with van der Waals surface area (Å²) in [5, 5.41) is 10.6. The Hall–Kier alpha value is -2.98. The summed E-state index contributed by atoms with van der Waals surface area (Å²) in [6.07, 6.45) is 68.0. The van der Waals surface area contributed by atoms with Crippen molar-refractivity contribution in [3.05, 3.63) is 48.6 Å². The number of aliphatic hydroxyl groups is 1. The maximum absolute atomic E-state index is 13.1. The number of rotatable bonds is 76. The number of ether oxygens (including phenoxy) is 4. The summed E-state index contributed by atoms with van der Waals surface area (Å²) in [5.74, 6) is -1.39. The summed E-state index contributed by atoms with van der Waals surface area (Å²) in [6.45, 7) is 7.20. The number of carbonyl (C=O) groups excluding carboxylic acids is 4. The highest BCUT2D eigenvalue weighted by Gasteiger charge is 2.30.